The predicted octanol–water partition coefficient (Wildman–Crippen LogP) is 3.23. The van der Waals surface area contributed by atoms with Crippen molar-refractivity contribution in [1.82, 2.24) is 14.3 Å². The van der Waals surface area contributed by atoms with Crippen LogP contribution in [0.3, 0.4) is 0 Å². The summed E-state index contributed by atoms with van der Waals surface area (Å²) >= 11 is 3.63. The van der Waals surface area contributed by atoms with Gasteiger partial charge in [-0.1, -0.05) is 6.92 Å². The van der Waals surface area contributed by atoms with E-state index in [1.54, 1.807) is 0 Å². The van der Waals surface area contributed by atoms with Gasteiger partial charge in [-0.25, -0.2) is 0 Å². The predicted molar refractivity (Wildman–Crippen MR) is 81.1 cm³/mol. The average Bonchev–Trinajstić information content (AvgIpc) is 2.98. The maximum atomic E-state index is 6.05. The molecule has 0 bridgehead atoms. The van der Waals surface area contributed by atoms with E-state index < -0.39 is 0 Å². The Balaban J connectivity index is 2.24. The summed E-state index contributed by atoms with van der Waals surface area (Å²) in [5, 5.41) is 4.51. The first-order chi connectivity index (χ1) is 9.06. The first-order valence-corrected chi connectivity index (χ1v) is 7.49. The van der Waals surface area contributed by atoms with Crippen molar-refractivity contribution in [2.75, 3.05) is 0 Å². The number of rotatable bonds is 5. The summed E-state index contributed by atoms with van der Waals surface area (Å²) < 4.78 is 5.31. The van der Waals surface area contributed by atoms with Crippen LogP contribution >= 0.6 is 15.9 Å². The van der Waals surface area contributed by atoms with Crippen LogP contribution in [0, 0.1) is 6.92 Å². The Hall–Kier alpha value is -1.07. The Morgan fingerprint density at radius 3 is 2.79 bits per heavy atom. The van der Waals surface area contributed by atoms with Gasteiger partial charge in [0, 0.05) is 25.0 Å². The Kier molecular flexibility index (Phi) is 4.47. The summed E-state index contributed by atoms with van der Waals surface area (Å²) in [6.07, 6.45) is 5.17. The number of hydrogen-bond donors (Lipinski definition) is 1. The van der Waals surface area contributed by atoms with Gasteiger partial charge < -0.3 is 10.3 Å². The van der Waals surface area contributed by atoms with Crippen molar-refractivity contribution < 1.29 is 0 Å². The van der Waals surface area contributed by atoms with Gasteiger partial charge in [0.05, 0.1) is 22.4 Å². The lowest BCUT2D eigenvalue weighted by Gasteiger charge is -2.08. The van der Waals surface area contributed by atoms with Gasteiger partial charge in [-0.2, -0.15) is 5.10 Å². The van der Waals surface area contributed by atoms with Crippen molar-refractivity contribution in [1.29, 1.82) is 0 Å². The van der Waals surface area contributed by atoms with Gasteiger partial charge in [-0.3, -0.25) is 4.68 Å². The van der Waals surface area contributed by atoms with Gasteiger partial charge in [0.1, 0.15) is 0 Å². The summed E-state index contributed by atoms with van der Waals surface area (Å²) in [7, 11) is 0. The molecule has 2 rings (SSSR count). The van der Waals surface area contributed by atoms with Crippen LogP contribution in [-0.4, -0.2) is 14.3 Å². The quantitative estimate of drug-likeness (QED) is 0.917. The van der Waals surface area contributed by atoms with E-state index in [9.17, 15) is 0 Å². The number of hydrogen-bond acceptors (Lipinski definition) is 2. The smallest absolute Gasteiger partial charge is 0.0739 e. The Morgan fingerprint density at radius 2 is 2.16 bits per heavy atom. The highest BCUT2D eigenvalue weighted by Gasteiger charge is 2.13. The number of nitrogens with two attached hydrogens (primary N) is 1. The maximum Gasteiger partial charge on any atom is 0.0739 e. The van der Waals surface area contributed by atoms with Crippen molar-refractivity contribution in [2.24, 2.45) is 5.73 Å². The van der Waals surface area contributed by atoms with E-state index in [1.165, 1.54) is 11.3 Å². The third kappa shape index (κ3) is 2.92. The summed E-state index contributed by atoms with van der Waals surface area (Å²) in [5.41, 5.74) is 9.48. The van der Waals surface area contributed by atoms with E-state index in [0.717, 1.165) is 29.7 Å². The highest BCUT2D eigenvalue weighted by Crippen LogP contribution is 2.23. The van der Waals surface area contributed by atoms with Gasteiger partial charge in [0.15, 0.2) is 0 Å². The topological polar surface area (TPSA) is 48.8 Å². The van der Waals surface area contributed by atoms with Crippen LogP contribution in [0.4, 0.5) is 0 Å². The molecule has 104 valence electrons. The third-order valence-electron chi connectivity index (χ3n) is 3.43. The molecule has 2 aromatic heterocycles. The van der Waals surface area contributed by atoms with E-state index in [4.69, 9.17) is 5.73 Å². The monoisotopic (exact) mass is 324 g/mol. The minimum absolute atomic E-state index is 0.127. The molecule has 0 aliphatic carbocycles. The summed E-state index contributed by atoms with van der Waals surface area (Å²) in [6, 6.07) is 2.23. The molecule has 0 aliphatic heterocycles. The molecular formula is C14H21BrN4. The van der Waals surface area contributed by atoms with Crippen molar-refractivity contribution in [3.8, 4) is 0 Å². The lowest BCUT2D eigenvalue weighted by atomic mass is 10.1. The molecule has 4 nitrogen and oxygen atoms in total. The van der Waals surface area contributed by atoms with Gasteiger partial charge in [0.25, 0.3) is 0 Å². The minimum Gasteiger partial charge on any atom is -0.348 e. The molecule has 1 unspecified atom stereocenters. The van der Waals surface area contributed by atoms with Crippen LogP contribution in [0.2, 0.25) is 0 Å². The van der Waals surface area contributed by atoms with Crippen LogP contribution in [0.15, 0.2) is 22.9 Å². The lowest BCUT2D eigenvalue weighted by molar-refractivity contribution is 0.596. The zero-order valence-corrected chi connectivity index (χ0v) is 13.3. The number of nitrogens with zero attached hydrogens (tertiary/aromatic N) is 3. The Bertz CT molecular complexity index is 556. The highest BCUT2D eigenvalue weighted by molar-refractivity contribution is 9.10. The molecule has 19 heavy (non-hydrogen) atoms. The van der Waals surface area contributed by atoms with Gasteiger partial charge in [-0.05, 0) is 47.8 Å². The van der Waals surface area contributed by atoms with Crippen molar-refractivity contribution in [2.45, 2.75) is 46.3 Å². The van der Waals surface area contributed by atoms with Crippen LogP contribution in [-0.2, 0) is 13.1 Å². The molecule has 0 fully saturated rings. The molecule has 0 amide bonds. The number of halogens is 1. The van der Waals surface area contributed by atoms with Crippen LogP contribution in [0.1, 0.15) is 43.3 Å². The normalized spacial score (nSPS) is 12.9. The van der Waals surface area contributed by atoms with Crippen molar-refractivity contribution >= 4 is 15.9 Å². The fourth-order valence-electron chi connectivity index (χ4n) is 2.21. The largest absolute Gasteiger partial charge is 0.348 e. The number of aromatic nitrogens is 3. The molecule has 5 heteroatoms. The third-order valence-corrected chi connectivity index (χ3v) is 4.46. The van der Waals surface area contributed by atoms with Crippen molar-refractivity contribution in [3.05, 3.63) is 39.9 Å². The minimum atomic E-state index is 0.127. The van der Waals surface area contributed by atoms with E-state index in [-0.39, 0.29) is 6.04 Å². The molecule has 2 aromatic rings. The molecule has 0 spiro atoms. The fraction of sp³-hybridized carbons (Fsp3) is 0.500. The van der Waals surface area contributed by atoms with E-state index in [2.05, 4.69) is 57.9 Å². The highest BCUT2D eigenvalue weighted by atomic mass is 79.9. The zero-order valence-electron chi connectivity index (χ0n) is 11.7. The van der Waals surface area contributed by atoms with Gasteiger partial charge in [-0.15, -0.1) is 0 Å². The second-order valence-corrected chi connectivity index (χ2v) is 5.59. The molecule has 0 radical (unpaired) electrons. The van der Waals surface area contributed by atoms with Crippen LogP contribution < -0.4 is 5.73 Å². The van der Waals surface area contributed by atoms with Crippen molar-refractivity contribution in [3.63, 3.8) is 0 Å². The van der Waals surface area contributed by atoms with E-state index in [1.807, 2.05) is 11.6 Å². The fourth-order valence-corrected chi connectivity index (χ4v) is 2.62. The lowest BCUT2D eigenvalue weighted by Crippen LogP contribution is -2.09. The molecule has 0 aromatic carbocycles. The molecule has 0 saturated carbocycles. The standard InChI is InChI=1S/C14H21BrN4/c1-4-12(16)11-6-7-18(8-11)9-13-14(15)10(3)17-19(13)5-2/h6-8,12H,4-5,9,16H2,1-3H3. The summed E-state index contributed by atoms with van der Waals surface area (Å²) in [5.74, 6) is 0. The first-order valence-electron chi connectivity index (χ1n) is 6.69. The number of aryl methyl sites for hydroxylation is 2. The molecular weight excluding hydrogens is 304 g/mol. The van der Waals surface area contributed by atoms with Crippen LogP contribution in [0.25, 0.3) is 0 Å². The molecule has 2 heterocycles. The molecule has 1 atom stereocenters. The summed E-state index contributed by atoms with van der Waals surface area (Å²) in [4.78, 5) is 0. The molecule has 0 saturated heterocycles. The summed E-state index contributed by atoms with van der Waals surface area (Å²) in [6.45, 7) is 7.93. The second kappa shape index (κ2) is 5.92. The Labute approximate surface area is 122 Å². The molecule has 0 aliphatic rings. The van der Waals surface area contributed by atoms with Gasteiger partial charge in [0.2, 0.25) is 0 Å². The van der Waals surface area contributed by atoms with Crippen LogP contribution in [0.5, 0.6) is 0 Å². The van der Waals surface area contributed by atoms with E-state index in [0.29, 0.717) is 0 Å². The van der Waals surface area contributed by atoms with E-state index >= 15 is 0 Å². The second-order valence-electron chi connectivity index (χ2n) is 4.79. The molecule has 2 N–H and O–H groups in total. The first kappa shape index (κ1) is 14.3. The SMILES string of the molecule is CCC(N)c1ccn(Cc2c(Br)c(C)nn2CC)c1. The zero-order chi connectivity index (χ0) is 14.0. The Morgan fingerprint density at radius 1 is 1.42 bits per heavy atom. The van der Waals surface area contributed by atoms with Gasteiger partial charge >= 0.3 is 0 Å². The maximum absolute atomic E-state index is 6.05. The average molecular weight is 325 g/mol.